The Balaban J connectivity index is 1.26. The summed E-state index contributed by atoms with van der Waals surface area (Å²) in [5.41, 5.74) is -3.03. The number of aromatic nitrogens is 3. The molecule has 53 heavy (non-hydrogen) atoms. The summed E-state index contributed by atoms with van der Waals surface area (Å²) in [7, 11) is -4.22. The van der Waals surface area contributed by atoms with Crippen LogP contribution in [0.1, 0.15) is 17.5 Å². The second-order valence-corrected chi connectivity index (χ2v) is 14.0. The molecule has 11 nitrogen and oxygen atoms in total. The van der Waals surface area contributed by atoms with Gasteiger partial charge in [0, 0.05) is 36.2 Å². The van der Waals surface area contributed by atoms with E-state index in [1.54, 1.807) is 48.5 Å². The monoisotopic (exact) mass is 760 g/mol. The van der Waals surface area contributed by atoms with Crippen molar-refractivity contribution in [3.63, 3.8) is 0 Å². The van der Waals surface area contributed by atoms with Crippen molar-refractivity contribution in [2.24, 2.45) is 0 Å². The third kappa shape index (κ3) is 9.05. The Morgan fingerprint density at radius 1 is 0.925 bits per heavy atom. The van der Waals surface area contributed by atoms with Crippen molar-refractivity contribution < 1.29 is 44.3 Å². The van der Waals surface area contributed by atoms with Gasteiger partial charge in [-0.3, -0.25) is 14.1 Å². The lowest BCUT2D eigenvalue weighted by Gasteiger charge is -2.34. The summed E-state index contributed by atoms with van der Waals surface area (Å²) in [6.45, 7) is -2.24. The average molecular weight is 761 g/mol. The molecule has 1 aliphatic rings. The number of nitrogens with one attached hydrogen (secondary N) is 2. The third-order valence-electron chi connectivity index (χ3n) is 8.20. The number of sulfonamides is 1. The van der Waals surface area contributed by atoms with Crippen molar-refractivity contribution in [2.75, 3.05) is 23.1 Å². The molecule has 1 saturated heterocycles. The Labute approximate surface area is 298 Å². The zero-order valence-corrected chi connectivity index (χ0v) is 28.3. The largest absolute Gasteiger partial charge is 0.445 e. The summed E-state index contributed by atoms with van der Waals surface area (Å²) in [5.74, 6) is -4.23. The van der Waals surface area contributed by atoms with E-state index in [1.165, 1.54) is 12.1 Å². The number of amides is 1. The number of likely N-dealkylation sites (tertiary alicyclic amines) is 1. The number of fused-ring (bicyclic) bond motifs is 1. The Morgan fingerprint density at radius 2 is 1.60 bits per heavy atom. The minimum Gasteiger partial charge on any atom is -0.445 e. The molecule has 3 heterocycles. The van der Waals surface area contributed by atoms with E-state index < -0.39 is 86.5 Å². The number of halogens is 6. The van der Waals surface area contributed by atoms with Crippen molar-refractivity contribution >= 4 is 38.8 Å². The average Bonchev–Trinajstić information content (AvgIpc) is 3.10. The van der Waals surface area contributed by atoms with Crippen LogP contribution in [-0.4, -0.2) is 65.4 Å². The summed E-state index contributed by atoms with van der Waals surface area (Å²) in [6.07, 6.45) is -6.30. The van der Waals surface area contributed by atoms with E-state index in [2.05, 4.69) is 15.3 Å². The van der Waals surface area contributed by atoms with Crippen LogP contribution in [0.15, 0.2) is 89.9 Å². The molecule has 278 valence electrons. The molecule has 3 aromatic carbocycles. The highest BCUT2D eigenvalue weighted by atomic mass is 32.2. The van der Waals surface area contributed by atoms with Crippen LogP contribution in [0.3, 0.4) is 0 Å². The van der Waals surface area contributed by atoms with E-state index in [0.29, 0.717) is 11.1 Å². The third-order valence-corrected chi connectivity index (χ3v) is 9.44. The predicted molar refractivity (Wildman–Crippen MR) is 183 cm³/mol. The number of rotatable bonds is 10. The molecule has 0 saturated carbocycles. The maximum absolute atomic E-state index is 15.5. The summed E-state index contributed by atoms with van der Waals surface area (Å²) < 4.78 is 120. The highest BCUT2D eigenvalue weighted by Gasteiger charge is 2.33. The maximum atomic E-state index is 15.5. The van der Waals surface area contributed by atoms with E-state index >= 15 is 8.78 Å². The predicted octanol–water partition coefficient (Wildman–Crippen LogP) is 6.40. The number of ether oxygens (including phenoxy) is 1. The van der Waals surface area contributed by atoms with Gasteiger partial charge in [0.05, 0.1) is 23.5 Å². The molecule has 0 aliphatic carbocycles. The maximum Gasteiger partial charge on any atom is 0.410 e. The van der Waals surface area contributed by atoms with E-state index in [-0.39, 0.29) is 42.0 Å². The van der Waals surface area contributed by atoms with Crippen LogP contribution in [0, 0.1) is 11.6 Å². The van der Waals surface area contributed by atoms with Gasteiger partial charge in [-0.1, -0.05) is 60.7 Å². The van der Waals surface area contributed by atoms with Crippen molar-refractivity contribution in [2.45, 2.75) is 43.7 Å². The van der Waals surface area contributed by atoms with E-state index in [0.717, 1.165) is 29.3 Å². The molecule has 6 rings (SSSR count). The van der Waals surface area contributed by atoms with E-state index in [1.807, 2.05) is 4.72 Å². The number of piperidine rings is 1. The Hall–Kier alpha value is -5.65. The molecule has 1 fully saturated rings. The normalized spacial score (nSPS) is 16.4. The quantitative estimate of drug-likeness (QED) is 0.156. The minimum absolute atomic E-state index is 0.0496. The van der Waals surface area contributed by atoms with Gasteiger partial charge in [-0.15, -0.1) is 0 Å². The first kappa shape index (κ1) is 37.1. The van der Waals surface area contributed by atoms with Gasteiger partial charge in [-0.25, -0.2) is 31.4 Å². The smallest absolute Gasteiger partial charge is 0.410 e. The van der Waals surface area contributed by atoms with Crippen molar-refractivity contribution in [3.8, 4) is 11.1 Å². The number of pyridine rings is 1. The Kier molecular flexibility index (Phi) is 10.6. The van der Waals surface area contributed by atoms with Crippen molar-refractivity contribution in [1.29, 1.82) is 0 Å². The summed E-state index contributed by atoms with van der Waals surface area (Å²) >= 11 is 0. The molecule has 5 aromatic rings. The summed E-state index contributed by atoms with van der Waals surface area (Å²) in [6, 6.07) is 18.6. The van der Waals surface area contributed by atoms with Gasteiger partial charge >= 0.3 is 12.3 Å². The zero-order chi connectivity index (χ0) is 37.9. The van der Waals surface area contributed by atoms with Crippen LogP contribution >= 0.6 is 0 Å². The standard InChI is InChI=1S/C35H30F6N6O5S/c36-24-14-25(17-46(16-24)34(49)52-18-21-7-3-1-4-8-21)43-33-42-15-23-13-27(32(48)47(31(23)44-33)20-35(39,40)41)26-11-12-28(30(38)29(26)37)45-53(50,51)19-22-9-5-2-6-10-22/h1-13,15,24-25,45H,14,16-20H2,(H,42,43,44)/t24-,25-/m0/s1. The number of benzene rings is 3. The lowest BCUT2D eigenvalue weighted by Crippen LogP contribution is -2.50. The molecule has 2 N–H and O–H groups in total. The molecular formula is C35H30F6N6O5S. The number of carbonyl (C=O) groups is 1. The summed E-state index contributed by atoms with van der Waals surface area (Å²) in [5, 5.41) is 2.63. The van der Waals surface area contributed by atoms with Crippen LogP contribution in [0.4, 0.5) is 42.8 Å². The minimum atomic E-state index is -4.97. The first-order valence-corrected chi connectivity index (χ1v) is 17.7. The molecule has 0 radical (unpaired) electrons. The van der Waals surface area contributed by atoms with Crippen molar-refractivity contribution in [3.05, 3.63) is 118 Å². The van der Waals surface area contributed by atoms with Crippen molar-refractivity contribution in [1.82, 2.24) is 19.4 Å². The van der Waals surface area contributed by atoms with Crippen LogP contribution < -0.4 is 15.6 Å². The zero-order valence-electron chi connectivity index (χ0n) is 27.5. The number of anilines is 2. The van der Waals surface area contributed by atoms with Gasteiger partial charge in [0.25, 0.3) is 5.56 Å². The van der Waals surface area contributed by atoms with Gasteiger partial charge in [0.2, 0.25) is 16.0 Å². The molecule has 2 aromatic heterocycles. The first-order valence-electron chi connectivity index (χ1n) is 16.0. The van der Waals surface area contributed by atoms with Gasteiger partial charge in [-0.05, 0) is 29.3 Å². The van der Waals surface area contributed by atoms with Crippen LogP contribution in [0.5, 0.6) is 0 Å². The number of carbonyl (C=O) groups excluding carboxylic acids is 1. The molecule has 0 unspecified atom stereocenters. The second kappa shape index (κ2) is 15.1. The molecule has 0 spiro atoms. The molecule has 18 heteroatoms. The molecule has 0 bridgehead atoms. The Morgan fingerprint density at radius 3 is 2.28 bits per heavy atom. The summed E-state index contributed by atoms with van der Waals surface area (Å²) in [4.78, 5) is 35.5. The van der Waals surface area contributed by atoms with Gasteiger partial charge in [0.15, 0.2) is 11.6 Å². The van der Waals surface area contributed by atoms with Gasteiger partial charge in [0.1, 0.15) is 25.0 Å². The molecule has 2 atom stereocenters. The van der Waals surface area contributed by atoms with Gasteiger partial charge in [-0.2, -0.15) is 18.2 Å². The lowest BCUT2D eigenvalue weighted by atomic mass is 10.0. The molecule has 1 aliphatic heterocycles. The van der Waals surface area contributed by atoms with Crippen LogP contribution in [-0.2, 0) is 33.7 Å². The number of nitrogens with zero attached hydrogens (tertiary/aromatic N) is 4. The van der Waals surface area contributed by atoms with Gasteiger partial charge < -0.3 is 15.0 Å². The fraction of sp³-hybridized carbons (Fsp3) is 0.257. The first-order chi connectivity index (χ1) is 25.2. The van der Waals surface area contributed by atoms with Crippen LogP contribution in [0.25, 0.3) is 22.2 Å². The molecule has 1 amide bonds. The lowest BCUT2D eigenvalue weighted by molar-refractivity contribution is -0.140. The Bertz CT molecular complexity index is 2300. The fourth-order valence-electron chi connectivity index (χ4n) is 5.87. The SMILES string of the molecule is O=C(OCc1ccccc1)N1C[C@@H](F)C[C@H](Nc2ncc3cc(-c4ccc(NS(=O)(=O)Cc5ccccc5)c(F)c4F)c(=O)n(CC(F)(F)F)c3n2)C1. The van der Waals surface area contributed by atoms with E-state index in [9.17, 15) is 35.6 Å². The number of alkyl halides is 4. The highest BCUT2D eigenvalue weighted by molar-refractivity contribution is 7.91. The van der Waals surface area contributed by atoms with Crippen LogP contribution in [0.2, 0.25) is 0 Å². The molecular weight excluding hydrogens is 730 g/mol. The number of hydrogen-bond donors (Lipinski definition) is 2. The topological polar surface area (TPSA) is 136 Å². The highest BCUT2D eigenvalue weighted by Crippen LogP contribution is 2.31. The number of hydrogen-bond acceptors (Lipinski definition) is 8. The van der Waals surface area contributed by atoms with E-state index in [4.69, 9.17) is 4.74 Å². The second-order valence-electron chi connectivity index (χ2n) is 12.3. The fourth-order valence-corrected chi connectivity index (χ4v) is 7.06.